The lowest BCUT2D eigenvalue weighted by atomic mass is 10.1. The van der Waals surface area contributed by atoms with Crippen LogP contribution in [0, 0.1) is 6.92 Å². The fraction of sp³-hybridized carbons (Fsp3) is 0.615. The number of carbonyl (C=O) groups is 2. The Morgan fingerprint density at radius 1 is 1.58 bits per heavy atom. The van der Waals surface area contributed by atoms with Crippen molar-refractivity contribution >= 4 is 11.7 Å². The number of Topliss-reactive ketones (excluding diaryl/α,β-unsaturated/α-hetero) is 1. The number of aliphatic hydroxyl groups is 1. The van der Waals surface area contributed by atoms with Crippen LogP contribution in [0.25, 0.3) is 0 Å². The highest BCUT2D eigenvalue weighted by Crippen LogP contribution is 2.21. The van der Waals surface area contributed by atoms with Gasteiger partial charge in [0, 0.05) is 25.5 Å². The molecule has 6 heteroatoms. The van der Waals surface area contributed by atoms with Gasteiger partial charge < -0.3 is 14.5 Å². The SMILES string of the molecule is CCC(=O)[C@@H]1C[C@@H](O)CN1C(=O)Cc1cc(C)no1. The standard InChI is InChI=1S/C13H18N2O4/c1-3-12(17)11-5-9(16)7-15(11)13(18)6-10-4-8(2)14-19-10/h4,9,11,16H,3,5-7H2,1-2H3/t9-,11+/m1/s1. The third-order valence-electron chi connectivity index (χ3n) is 3.32. The van der Waals surface area contributed by atoms with Crippen LogP contribution in [0.5, 0.6) is 0 Å². The summed E-state index contributed by atoms with van der Waals surface area (Å²) in [6.07, 6.45) is 0.137. The van der Waals surface area contributed by atoms with E-state index >= 15 is 0 Å². The van der Waals surface area contributed by atoms with E-state index in [2.05, 4.69) is 5.16 Å². The van der Waals surface area contributed by atoms with Crippen LogP contribution < -0.4 is 0 Å². The third kappa shape index (κ3) is 3.01. The van der Waals surface area contributed by atoms with Gasteiger partial charge in [-0.1, -0.05) is 12.1 Å². The molecule has 104 valence electrons. The number of ketones is 1. The first-order valence-electron chi connectivity index (χ1n) is 6.43. The smallest absolute Gasteiger partial charge is 0.231 e. The van der Waals surface area contributed by atoms with Gasteiger partial charge in [-0.05, 0) is 6.92 Å². The van der Waals surface area contributed by atoms with Crippen LogP contribution in [0.2, 0.25) is 0 Å². The number of nitrogens with zero attached hydrogens (tertiary/aromatic N) is 2. The van der Waals surface area contributed by atoms with Crippen molar-refractivity contribution in [2.45, 2.75) is 45.3 Å². The van der Waals surface area contributed by atoms with Gasteiger partial charge in [0.1, 0.15) is 5.76 Å². The molecule has 1 N–H and O–H groups in total. The monoisotopic (exact) mass is 266 g/mol. The topological polar surface area (TPSA) is 83.6 Å². The summed E-state index contributed by atoms with van der Waals surface area (Å²) in [4.78, 5) is 25.4. The van der Waals surface area contributed by atoms with Crippen LogP contribution in [0.1, 0.15) is 31.2 Å². The van der Waals surface area contributed by atoms with Gasteiger partial charge in [-0.25, -0.2) is 0 Å². The normalized spacial score (nSPS) is 22.8. The second-order valence-electron chi connectivity index (χ2n) is 4.88. The van der Waals surface area contributed by atoms with Crippen LogP contribution >= 0.6 is 0 Å². The Hall–Kier alpha value is -1.69. The second-order valence-corrected chi connectivity index (χ2v) is 4.88. The van der Waals surface area contributed by atoms with E-state index in [0.29, 0.717) is 24.3 Å². The molecule has 19 heavy (non-hydrogen) atoms. The number of rotatable bonds is 4. The number of aryl methyl sites for hydroxylation is 1. The number of likely N-dealkylation sites (tertiary alicyclic amines) is 1. The summed E-state index contributed by atoms with van der Waals surface area (Å²) in [7, 11) is 0. The molecule has 1 saturated heterocycles. The Morgan fingerprint density at radius 2 is 2.32 bits per heavy atom. The highest BCUT2D eigenvalue weighted by molar-refractivity contribution is 5.90. The van der Waals surface area contributed by atoms with E-state index in [1.54, 1.807) is 19.9 Å². The molecule has 1 aliphatic heterocycles. The quantitative estimate of drug-likeness (QED) is 0.856. The Balaban J connectivity index is 2.06. The highest BCUT2D eigenvalue weighted by atomic mass is 16.5. The molecule has 2 heterocycles. The molecule has 0 radical (unpaired) electrons. The van der Waals surface area contributed by atoms with Crippen molar-refractivity contribution in [3.05, 3.63) is 17.5 Å². The van der Waals surface area contributed by atoms with Gasteiger partial charge in [-0.2, -0.15) is 0 Å². The molecule has 0 saturated carbocycles. The molecule has 2 atom stereocenters. The van der Waals surface area contributed by atoms with E-state index in [1.165, 1.54) is 4.90 Å². The summed E-state index contributed by atoms with van der Waals surface area (Å²) in [5, 5.41) is 13.4. The summed E-state index contributed by atoms with van der Waals surface area (Å²) in [5.74, 6) is 0.254. The summed E-state index contributed by atoms with van der Waals surface area (Å²) in [5.41, 5.74) is 0.713. The minimum atomic E-state index is -0.624. The summed E-state index contributed by atoms with van der Waals surface area (Å²) < 4.78 is 5.00. The first kappa shape index (κ1) is 13.7. The van der Waals surface area contributed by atoms with E-state index in [4.69, 9.17) is 4.52 Å². The fourth-order valence-electron chi connectivity index (χ4n) is 2.38. The molecule has 0 aliphatic carbocycles. The van der Waals surface area contributed by atoms with Crippen LogP contribution in [0.4, 0.5) is 0 Å². The number of carbonyl (C=O) groups excluding carboxylic acids is 2. The predicted molar refractivity (Wildman–Crippen MR) is 66.4 cm³/mol. The van der Waals surface area contributed by atoms with Crippen LogP contribution in [-0.2, 0) is 16.0 Å². The third-order valence-corrected chi connectivity index (χ3v) is 3.32. The number of aliphatic hydroxyl groups excluding tert-OH is 1. The van der Waals surface area contributed by atoms with Crippen molar-refractivity contribution in [3.8, 4) is 0 Å². The lowest BCUT2D eigenvalue weighted by Crippen LogP contribution is -2.41. The molecule has 2 rings (SSSR count). The minimum Gasteiger partial charge on any atom is -0.391 e. The summed E-state index contributed by atoms with van der Waals surface area (Å²) in [6.45, 7) is 3.75. The highest BCUT2D eigenvalue weighted by Gasteiger charge is 2.37. The Labute approximate surface area is 111 Å². The van der Waals surface area contributed by atoms with Gasteiger partial charge in [0.25, 0.3) is 0 Å². The van der Waals surface area contributed by atoms with Gasteiger partial charge in [-0.15, -0.1) is 0 Å². The molecule has 6 nitrogen and oxygen atoms in total. The Morgan fingerprint density at radius 3 is 2.89 bits per heavy atom. The molecule has 1 aromatic heterocycles. The number of hydrogen-bond acceptors (Lipinski definition) is 5. The van der Waals surface area contributed by atoms with Gasteiger partial charge in [0.05, 0.1) is 24.3 Å². The van der Waals surface area contributed by atoms with Crippen LogP contribution in [0.15, 0.2) is 10.6 Å². The van der Waals surface area contributed by atoms with E-state index in [1.807, 2.05) is 0 Å². The maximum absolute atomic E-state index is 12.2. The number of hydrogen-bond donors (Lipinski definition) is 1. The Kier molecular flexibility index (Phi) is 3.99. The molecule has 0 spiro atoms. The van der Waals surface area contributed by atoms with Gasteiger partial charge in [0.2, 0.25) is 5.91 Å². The molecule has 1 amide bonds. The molecule has 1 aromatic rings. The lowest BCUT2D eigenvalue weighted by molar-refractivity contribution is -0.137. The van der Waals surface area contributed by atoms with Gasteiger partial charge in [0.15, 0.2) is 5.78 Å². The molecule has 0 bridgehead atoms. The summed E-state index contributed by atoms with van der Waals surface area (Å²) >= 11 is 0. The molecular formula is C13H18N2O4. The molecule has 1 fully saturated rings. The lowest BCUT2D eigenvalue weighted by Gasteiger charge is -2.22. The van der Waals surface area contributed by atoms with Gasteiger partial charge >= 0.3 is 0 Å². The zero-order chi connectivity index (χ0) is 14.0. The first-order valence-corrected chi connectivity index (χ1v) is 6.43. The van der Waals surface area contributed by atoms with E-state index in [9.17, 15) is 14.7 Å². The first-order chi connectivity index (χ1) is 9.01. The minimum absolute atomic E-state index is 0.0151. The number of amides is 1. The van der Waals surface area contributed by atoms with Gasteiger partial charge in [-0.3, -0.25) is 9.59 Å². The average Bonchev–Trinajstić information content (AvgIpc) is 2.94. The zero-order valence-electron chi connectivity index (χ0n) is 11.1. The number of β-amino-alcohol motifs (C(OH)–C–C–N with tert-alkyl or cyclic N) is 1. The van der Waals surface area contributed by atoms with Crippen molar-refractivity contribution in [1.82, 2.24) is 10.1 Å². The van der Waals surface area contributed by atoms with Crippen molar-refractivity contribution < 1.29 is 19.2 Å². The van der Waals surface area contributed by atoms with E-state index in [-0.39, 0.29) is 24.7 Å². The van der Waals surface area contributed by atoms with E-state index < -0.39 is 12.1 Å². The average molecular weight is 266 g/mol. The molecule has 1 aliphatic rings. The van der Waals surface area contributed by atoms with E-state index in [0.717, 1.165) is 0 Å². The van der Waals surface area contributed by atoms with Crippen molar-refractivity contribution in [2.75, 3.05) is 6.54 Å². The maximum Gasteiger partial charge on any atom is 0.231 e. The molecular weight excluding hydrogens is 248 g/mol. The fourth-order valence-corrected chi connectivity index (χ4v) is 2.38. The van der Waals surface area contributed by atoms with Crippen LogP contribution in [-0.4, -0.2) is 45.5 Å². The van der Waals surface area contributed by atoms with Crippen molar-refractivity contribution in [3.63, 3.8) is 0 Å². The maximum atomic E-state index is 12.2. The zero-order valence-corrected chi connectivity index (χ0v) is 11.1. The van der Waals surface area contributed by atoms with Crippen LogP contribution in [0.3, 0.4) is 0 Å². The molecule has 0 unspecified atom stereocenters. The number of aromatic nitrogens is 1. The van der Waals surface area contributed by atoms with Crippen molar-refractivity contribution in [2.24, 2.45) is 0 Å². The second kappa shape index (κ2) is 5.52. The van der Waals surface area contributed by atoms with Crippen molar-refractivity contribution in [1.29, 1.82) is 0 Å². The largest absolute Gasteiger partial charge is 0.391 e. The Bertz CT molecular complexity index is 483. The molecule has 0 aromatic carbocycles. The predicted octanol–water partition coefficient (Wildman–Crippen LogP) is 0.466. The summed E-state index contributed by atoms with van der Waals surface area (Å²) in [6, 6.07) is 1.19.